The van der Waals surface area contributed by atoms with Crippen molar-refractivity contribution in [1.29, 1.82) is 0 Å². The zero-order valence-electron chi connectivity index (χ0n) is 18.2. The highest BCUT2D eigenvalue weighted by Crippen LogP contribution is 2.26. The number of nitrogens with zero attached hydrogens (tertiary/aromatic N) is 3. The second-order valence-corrected chi connectivity index (χ2v) is 8.87. The molecular weight excluding hydrogens is 446 g/mol. The second kappa shape index (κ2) is 11.2. The van der Waals surface area contributed by atoms with Crippen molar-refractivity contribution in [1.82, 2.24) is 20.1 Å². The van der Waals surface area contributed by atoms with Crippen LogP contribution in [-0.2, 0) is 11.3 Å². The van der Waals surface area contributed by atoms with Gasteiger partial charge in [-0.2, -0.15) is 0 Å². The molecule has 0 saturated heterocycles. The first-order valence-corrected chi connectivity index (χ1v) is 11.7. The third-order valence-electron chi connectivity index (χ3n) is 4.79. The second-order valence-electron chi connectivity index (χ2n) is 7.49. The highest BCUT2D eigenvalue weighted by Gasteiger charge is 2.26. The highest BCUT2D eigenvalue weighted by atomic mass is 35.5. The molecule has 0 aliphatic heterocycles. The summed E-state index contributed by atoms with van der Waals surface area (Å²) in [5.41, 5.74) is 1.27. The quantitative estimate of drug-likeness (QED) is 0.437. The van der Waals surface area contributed by atoms with Crippen molar-refractivity contribution < 1.29 is 9.59 Å². The number of thioether (sulfide) groups is 1. The van der Waals surface area contributed by atoms with Gasteiger partial charge in [-0.05, 0) is 49.2 Å². The van der Waals surface area contributed by atoms with Gasteiger partial charge in [0.1, 0.15) is 0 Å². The lowest BCUT2D eigenvalue weighted by Crippen LogP contribution is -2.33. The topological polar surface area (TPSA) is 88.9 Å². The number of carbonyl (C=O) groups excluding carboxylic acids is 2. The standard InChI is InChI=1S/C23H26ClN5O2S/c1-4-29-21(20(15(2)3)26-22(31)16-8-6-5-7-9-16)27-28-23(29)32-14-19(30)25-18-12-10-17(24)11-13-18/h5-13,15,20H,4,14H2,1-3H3,(H,25,30)(H,26,31)/t20-/m1/s1. The van der Waals surface area contributed by atoms with E-state index in [2.05, 4.69) is 20.8 Å². The lowest BCUT2D eigenvalue weighted by atomic mass is 10.0. The first kappa shape index (κ1) is 23.8. The Balaban J connectivity index is 1.69. The minimum atomic E-state index is -0.313. The largest absolute Gasteiger partial charge is 0.342 e. The Morgan fingerprint density at radius 1 is 1.06 bits per heavy atom. The zero-order chi connectivity index (χ0) is 23.1. The van der Waals surface area contributed by atoms with Crippen LogP contribution < -0.4 is 10.6 Å². The van der Waals surface area contributed by atoms with Crippen LogP contribution in [0.4, 0.5) is 5.69 Å². The summed E-state index contributed by atoms with van der Waals surface area (Å²) in [6.07, 6.45) is 0. The summed E-state index contributed by atoms with van der Waals surface area (Å²) in [7, 11) is 0. The molecule has 7 nitrogen and oxygen atoms in total. The molecule has 0 bridgehead atoms. The van der Waals surface area contributed by atoms with E-state index < -0.39 is 0 Å². The van der Waals surface area contributed by atoms with Crippen molar-refractivity contribution in [3.05, 3.63) is 71.0 Å². The van der Waals surface area contributed by atoms with Crippen LogP contribution in [0, 0.1) is 5.92 Å². The monoisotopic (exact) mass is 471 g/mol. The van der Waals surface area contributed by atoms with Gasteiger partial charge in [0.25, 0.3) is 5.91 Å². The summed E-state index contributed by atoms with van der Waals surface area (Å²) in [4.78, 5) is 25.1. The number of carbonyl (C=O) groups is 2. The zero-order valence-corrected chi connectivity index (χ0v) is 19.8. The van der Waals surface area contributed by atoms with Crippen LogP contribution in [-0.4, -0.2) is 32.3 Å². The van der Waals surface area contributed by atoms with Crippen LogP contribution in [0.5, 0.6) is 0 Å². The van der Waals surface area contributed by atoms with Crippen LogP contribution in [0.25, 0.3) is 0 Å². The van der Waals surface area contributed by atoms with E-state index in [4.69, 9.17) is 11.6 Å². The van der Waals surface area contributed by atoms with Crippen molar-refractivity contribution >= 4 is 40.9 Å². The van der Waals surface area contributed by atoms with Crippen LogP contribution in [0.1, 0.15) is 43.0 Å². The van der Waals surface area contributed by atoms with Crippen molar-refractivity contribution in [3.8, 4) is 0 Å². The molecule has 2 N–H and O–H groups in total. The number of halogens is 1. The Labute approximate surface area is 197 Å². The van der Waals surface area contributed by atoms with Gasteiger partial charge < -0.3 is 15.2 Å². The normalized spacial score (nSPS) is 11.9. The molecule has 3 rings (SSSR count). The van der Waals surface area contributed by atoms with Gasteiger partial charge in [0.05, 0.1) is 11.8 Å². The first-order valence-electron chi connectivity index (χ1n) is 10.4. The third kappa shape index (κ3) is 6.11. The summed E-state index contributed by atoms with van der Waals surface area (Å²) < 4.78 is 1.94. The molecule has 1 heterocycles. The molecule has 168 valence electrons. The minimum Gasteiger partial charge on any atom is -0.342 e. The minimum absolute atomic E-state index is 0.100. The predicted molar refractivity (Wildman–Crippen MR) is 128 cm³/mol. The molecule has 3 aromatic rings. The maximum Gasteiger partial charge on any atom is 0.251 e. The predicted octanol–water partition coefficient (Wildman–Crippen LogP) is 4.81. The molecular formula is C23H26ClN5O2S. The maximum atomic E-state index is 12.7. The summed E-state index contributed by atoms with van der Waals surface area (Å²) in [6.45, 7) is 6.66. The third-order valence-corrected chi connectivity index (χ3v) is 6.01. The van der Waals surface area contributed by atoms with Gasteiger partial charge in [0.2, 0.25) is 5.91 Å². The molecule has 0 unspecified atom stereocenters. The van der Waals surface area contributed by atoms with E-state index in [0.29, 0.717) is 33.8 Å². The molecule has 0 radical (unpaired) electrons. The van der Waals surface area contributed by atoms with E-state index in [-0.39, 0.29) is 29.5 Å². The van der Waals surface area contributed by atoms with Crippen molar-refractivity contribution in [3.63, 3.8) is 0 Å². The molecule has 0 fully saturated rings. The molecule has 9 heteroatoms. The Morgan fingerprint density at radius 3 is 2.38 bits per heavy atom. The summed E-state index contributed by atoms with van der Waals surface area (Å²) >= 11 is 7.18. The van der Waals surface area contributed by atoms with Crippen LogP contribution in [0.15, 0.2) is 59.8 Å². The molecule has 2 amide bonds. The van der Waals surface area contributed by atoms with Crippen molar-refractivity contribution in [2.24, 2.45) is 5.92 Å². The Bertz CT molecular complexity index is 1050. The van der Waals surface area contributed by atoms with Gasteiger partial charge in [0, 0.05) is 22.8 Å². The maximum absolute atomic E-state index is 12.7. The highest BCUT2D eigenvalue weighted by molar-refractivity contribution is 7.99. The van der Waals surface area contributed by atoms with Gasteiger partial charge in [0.15, 0.2) is 11.0 Å². The van der Waals surface area contributed by atoms with E-state index in [1.807, 2.05) is 43.5 Å². The average molecular weight is 472 g/mol. The molecule has 1 aromatic heterocycles. The summed E-state index contributed by atoms with van der Waals surface area (Å²) in [6, 6.07) is 15.7. The van der Waals surface area contributed by atoms with Gasteiger partial charge >= 0.3 is 0 Å². The SMILES string of the molecule is CCn1c(SCC(=O)Nc2ccc(Cl)cc2)nnc1[C@H](NC(=O)c1ccccc1)C(C)C. The number of amides is 2. The summed E-state index contributed by atoms with van der Waals surface area (Å²) in [5.74, 6) is 0.646. The van der Waals surface area contributed by atoms with E-state index in [1.54, 1.807) is 36.4 Å². The van der Waals surface area contributed by atoms with Gasteiger partial charge in [-0.3, -0.25) is 9.59 Å². The van der Waals surface area contributed by atoms with Crippen molar-refractivity contribution in [2.75, 3.05) is 11.1 Å². The average Bonchev–Trinajstić information content (AvgIpc) is 3.20. The number of anilines is 1. The van der Waals surface area contributed by atoms with Crippen molar-refractivity contribution in [2.45, 2.75) is 38.5 Å². The van der Waals surface area contributed by atoms with Gasteiger partial charge in [-0.25, -0.2) is 0 Å². The number of hydrogen-bond acceptors (Lipinski definition) is 5. The van der Waals surface area contributed by atoms with E-state index in [0.717, 1.165) is 0 Å². The lowest BCUT2D eigenvalue weighted by molar-refractivity contribution is -0.113. The Hall–Kier alpha value is -2.84. The molecule has 0 aliphatic rings. The molecule has 2 aromatic carbocycles. The van der Waals surface area contributed by atoms with E-state index in [9.17, 15) is 9.59 Å². The molecule has 1 atom stereocenters. The number of nitrogens with one attached hydrogen (secondary N) is 2. The van der Waals surface area contributed by atoms with Crippen LogP contribution in [0.3, 0.4) is 0 Å². The number of benzene rings is 2. The smallest absolute Gasteiger partial charge is 0.251 e. The number of rotatable bonds is 9. The molecule has 0 saturated carbocycles. The Morgan fingerprint density at radius 2 is 1.75 bits per heavy atom. The molecule has 32 heavy (non-hydrogen) atoms. The molecule has 0 aliphatic carbocycles. The van der Waals surface area contributed by atoms with E-state index >= 15 is 0 Å². The molecule has 0 spiro atoms. The summed E-state index contributed by atoms with van der Waals surface area (Å²) in [5, 5.41) is 15.8. The van der Waals surface area contributed by atoms with E-state index in [1.165, 1.54) is 11.8 Å². The lowest BCUT2D eigenvalue weighted by Gasteiger charge is -2.22. The fourth-order valence-corrected chi connectivity index (χ4v) is 4.07. The fraction of sp³-hybridized carbons (Fsp3) is 0.304. The first-order chi connectivity index (χ1) is 15.4. The van der Waals surface area contributed by atoms with Crippen LogP contribution in [0.2, 0.25) is 5.02 Å². The van der Waals surface area contributed by atoms with Gasteiger partial charge in [-0.15, -0.1) is 10.2 Å². The van der Waals surface area contributed by atoms with Gasteiger partial charge in [-0.1, -0.05) is 55.4 Å². The number of aromatic nitrogens is 3. The fourth-order valence-electron chi connectivity index (χ4n) is 3.14. The Kier molecular flexibility index (Phi) is 8.30. The number of hydrogen-bond donors (Lipinski definition) is 2. The van der Waals surface area contributed by atoms with Crippen LogP contribution >= 0.6 is 23.4 Å².